The molecule has 1 aliphatic heterocycles. The number of nitrogens with zero attached hydrogens (tertiary/aromatic N) is 1. The number of alkyl halides is 1. The summed E-state index contributed by atoms with van der Waals surface area (Å²) in [4.78, 5) is 2.20. The van der Waals surface area contributed by atoms with Gasteiger partial charge in [0.1, 0.15) is 12.4 Å². The van der Waals surface area contributed by atoms with Gasteiger partial charge in [-0.25, -0.2) is 4.39 Å². The Morgan fingerprint density at radius 3 is 2.50 bits per heavy atom. The molecule has 0 radical (unpaired) electrons. The van der Waals surface area contributed by atoms with Crippen molar-refractivity contribution in [1.29, 1.82) is 0 Å². The van der Waals surface area contributed by atoms with Gasteiger partial charge in [-0.1, -0.05) is 12.1 Å². The van der Waals surface area contributed by atoms with Crippen LogP contribution in [0, 0.1) is 0 Å². The number of rotatable bonds is 5. The molecule has 3 nitrogen and oxygen atoms in total. The van der Waals surface area contributed by atoms with E-state index in [0.717, 1.165) is 37.5 Å². The highest BCUT2D eigenvalue weighted by Crippen LogP contribution is 2.24. The molecule has 0 aliphatic carbocycles. The van der Waals surface area contributed by atoms with Crippen LogP contribution in [0.2, 0.25) is 0 Å². The molecule has 1 fully saturated rings. The smallest absolute Gasteiger partial charge is 0.119 e. The summed E-state index contributed by atoms with van der Waals surface area (Å²) in [6.07, 6.45) is 0. The lowest BCUT2D eigenvalue weighted by molar-refractivity contribution is 0.147. The molecule has 4 heteroatoms. The zero-order valence-corrected chi connectivity index (χ0v) is 10.9. The normalized spacial score (nSPS) is 18.6. The van der Waals surface area contributed by atoms with Crippen molar-refractivity contribution in [3.8, 4) is 5.75 Å². The second-order valence-corrected chi connectivity index (χ2v) is 4.46. The maximum atomic E-state index is 13.3. The van der Waals surface area contributed by atoms with Gasteiger partial charge in [-0.3, -0.25) is 4.90 Å². The summed E-state index contributed by atoms with van der Waals surface area (Å²) in [7, 11) is 0. The summed E-state index contributed by atoms with van der Waals surface area (Å²) in [5.41, 5.74) is 1.03. The molecular weight excluding hydrogens is 231 g/mol. The number of hydrogen-bond donors (Lipinski definition) is 1. The van der Waals surface area contributed by atoms with E-state index in [9.17, 15) is 4.39 Å². The minimum Gasteiger partial charge on any atom is -0.494 e. The fourth-order valence-corrected chi connectivity index (χ4v) is 2.34. The van der Waals surface area contributed by atoms with Crippen molar-refractivity contribution in [3.63, 3.8) is 0 Å². The third kappa shape index (κ3) is 3.21. The number of ether oxygens (including phenoxy) is 1. The van der Waals surface area contributed by atoms with Crippen molar-refractivity contribution < 1.29 is 9.13 Å². The van der Waals surface area contributed by atoms with Gasteiger partial charge in [0, 0.05) is 26.2 Å². The first-order valence-corrected chi connectivity index (χ1v) is 6.58. The molecule has 0 spiro atoms. The zero-order chi connectivity index (χ0) is 12.8. The van der Waals surface area contributed by atoms with Crippen LogP contribution in [0.5, 0.6) is 5.75 Å². The Balaban J connectivity index is 2.06. The zero-order valence-electron chi connectivity index (χ0n) is 10.9. The molecule has 0 aromatic heterocycles. The van der Waals surface area contributed by atoms with Crippen molar-refractivity contribution in [2.75, 3.05) is 39.5 Å². The summed E-state index contributed by atoms with van der Waals surface area (Å²) < 4.78 is 18.7. The molecule has 0 amide bonds. The fraction of sp³-hybridized carbons (Fsp3) is 0.571. The second kappa shape index (κ2) is 6.71. The molecule has 0 unspecified atom stereocenters. The topological polar surface area (TPSA) is 24.5 Å². The average molecular weight is 252 g/mol. The van der Waals surface area contributed by atoms with Gasteiger partial charge >= 0.3 is 0 Å². The second-order valence-electron chi connectivity index (χ2n) is 4.46. The van der Waals surface area contributed by atoms with Crippen LogP contribution in [0.3, 0.4) is 0 Å². The molecule has 0 saturated carbocycles. The third-order valence-corrected chi connectivity index (χ3v) is 3.31. The maximum absolute atomic E-state index is 13.3. The van der Waals surface area contributed by atoms with E-state index in [0.29, 0.717) is 6.61 Å². The summed E-state index contributed by atoms with van der Waals surface area (Å²) in [5.74, 6) is 0.846. The van der Waals surface area contributed by atoms with Gasteiger partial charge in [0.05, 0.1) is 12.6 Å². The van der Waals surface area contributed by atoms with E-state index in [1.54, 1.807) is 0 Å². The van der Waals surface area contributed by atoms with Crippen molar-refractivity contribution in [2.45, 2.75) is 13.0 Å². The number of nitrogens with one attached hydrogen (secondary N) is 1. The van der Waals surface area contributed by atoms with Crippen LogP contribution in [0.4, 0.5) is 4.39 Å². The molecular formula is C14H21FN2O. The third-order valence-electron chi connectivity index (χ3n) is 3.31. The molecule has 1 atom stereocenters. The van der Waals surface area contributed by atoms with E-state index in [4.69, 9.17) is 4.74 Å². The first-order valence-electron chi connectivity index (χ1n) is 6.58. The van der Waals surface area contributed by atoms with Crippen LogP contribution in [0.25, 0.3) is 0 Å². The first kappa shape index (κ1) is 13.3. The lowest BCUT2D eigenvalue weighted by atomic mass is 10.1. The van der Waals surface area contributed by atoms with E-state index in [1.807, 2.05) is 31.2 Å². The van der Waals surface area contributed by atoms with E-state index < -0.39 is 0 Å². The van der Waals surface area contributed by atoms with Crippen molar-refractivity contribution >= 4 is 0 Å². The van der Waals surface area contributed by atoms with Crippen LogP contribution in [-0.4, -0.2) is 44.4 Å². The largest absolute Gasteiger partial charge is 0.494 e. The van der Waals surface area contributed by atoms with E-state index in [-0.39, 0.29) is 12.7 Å². The highest BCUT2D eigenvalue weighted by atomic mass is 19.1. The van der Waals surface area contributed by atoms with Crippen LogP contribution < -0.4 is 10.1 Å². The molecule has 1 aromatic rings. The Morgan fingerprint density at radius 2 is 1.94 bits per heavy atom. The van der Waals surface area contributed by atoms with Gasteiger partial charge in [0.15, 0.2) is 0 Å². The molecule has 1 saturated heterocycles. The van der Waals surface area contributed by atoms with Crippen LogP contribution >= 0.6 is 0 Å². The Labute approximate surface area is 108 Å². The predicted octanol–water partition coefficient (Wildman–Crippen LogP) is 2.00. The standard InChI is InChI=1S/C14H21FN2O/c1-2-18-13-5-3-12(4-6-13)14(11-15)17-9-7-16-8-10-17/h3-6,14,16H,2,7-11H2,1H3/t14-/m0/s1. The lowest BCUT2D eigenvalue weighted by Crippen LogP contribution is -2.45. The molecule has 1 heterocycles. The minimum absolute atomic E-state index is 0.122. The average Bonchev–Trinajstić information content (AvgIpc) is 2.43. The number of halogens is 1. The summed E-state index contributed by atoms with van der Waals surface area (Å²) >= 11 is 0. The van der Waals surface area contributed by atoms with Crippen LogP contribution in [-0.2, 0) is 0 Å². The van der Waals surface area contributed by atoms with Crippen LogP contribution in [0.1, 0.15) is 18.5 Å². The van der Waals surface area contributed by atoms with Crippen LogP contribution in [0.15, 0.2) is 24.3 Å². The molecule has 1 aromatic carbocycles. The number of benzene rings is 1. The Bertz CT molecular complexity index is 349. The fourth-order valence-electron chi connectivity index (χ4n) is 2.34. The molecule has 2 rings (SSSR count). The molecule has 100 valence electrons. The van der Waals surface area contributed by atoms with Gasteiger partial charge in [-0.05, 0) is 24.6 Å². The Kier molecular flexibility index (Phi) is 4.96. The van der Waals surface area contributed by atoms with E-state index >= 15 is 0 Å². The Morgan fingerprint density at radius 1 is 1.28 bits per heavy atom. The monoisotopic (exact) mass is 252 g/mol. The number of piperazine rings is 1. The first-order chi connectivity index (χ1) is 8.85. The SMILES string of the molecule is CCOc1ccc([C@H](CF)N2CCNCC2)cc1. The van der Waals surface area contributed by atoms with Crippen molar-refractivity contribution in [3.05, 3.63) is 29.8 Å². The lowest BCUT2D eigenvalue weighted by Gasteiger charge is -2.33. The summed E-state index contributed by atoms with van der Waals surface area (Å²) in [5, 5.41) is 3.29. The summed E-state index contributed by atoms with van der Waals surface area (Å²) in [6, 6.07) is 7.66. The van der Waals surface area contributed by atoms with Crippen molar-refractivity contribution in [1.82, 2.24) is 10.2 Å². The number of hydrogen-bond acceptors (Lipinski definition) is 3. The van der Waals surface area contributed by atoms with Gasteiger partial charge in [-0.2, -0.15) is 0 Å². The van der Waals surface area contributed by atoms with Crippen molar-refractivity contribution in [2.24, 2.45) is 0 Å². The van der Waals surface area contributed by atoms with E-state index in [2.05, 4.69) is 10.2 Å². The van der Waals surface area contributed by atoms with E-state index in [1.165, 1.54) is 0 Å². The molecule has 0 bridgehead atoms. The highest BCUT2D eigenvalue weighted by Gasteiger charge is 2.21. The summed E-state index contributed by atoms with van der Waals surface area (Å²) in [6.45, 7) is 5.96. The maximum Gasteiger partial charge on any atom is 0.119 e. The molecule has 1 aliphatic rings. The van der Waals surface area contributed by atoms with Gasteiger partial charge in [-0.15, -0.1) is 0 Å². The van der Waals surface area contributed by atoms with Gasteiger partial charge in [0.25, 0.3) is 0 Å². The highest BCUT2D eigenvalue weighted by molar-refractivity contribution is 5.29. The quantitative estimate of drug-likeness (QED) is 0.867. The van der Waals surface area contributed by atoms with Gasteiger partial charge in [0.2, 0.25) is 0 Å². The molecule has 1 N–H and O–H groups in total. The Hall–Kier alpha value is -1.13. The van der Waals surface area contributed by atoms with Gasteiger partial charge < -0.3 is 10.1 Å². The minimum atomic E-state index is -0.339. The predicted molar refractivity (Wildman–Crippen MR) is 70.8 cm³/mol. The molecule has 18 heavy (non-hydrogen) atoms.